The summed E-state index contributed by atoms with van der Waals surface area (Å²) in [7, 11) is 1.17. The molecule has 0 aliphatic rings. The van der Waals surface area contributed by atoms with Gasteiger partial charge in [0.05, 0.1) is 24.2 Å². The minimum Gasteiger partial charge on any atom is -0.491 e. The summed E-state index contributed by atoms with van der Waals surface area (Å²) in [5.74, 6) is -1.82. The van der Waals surface area contributed by atoms with Gasteiger partial charge in [0.1, 0.15) is 5.82 Å². The quantitative estimate of drug-likeness (QED) is 0.660. The van der Waals surface area contributed by atoms with Gasteiger partial charge in [-0.15, -0.1) is 0 Å². The topological polar surface area (TPSA) is 87.2 Å². The van der Waals surface area contributed by atoms with Crippen LogP contribution < -0.4 is 10.1 Å². The number of nitrogens with zero attached hydrogens (tertiary/aromatic N) is 1. The third kappa shape index (κ3) is 3.52. The molecule has 6 nitrogen and oxygen atoms in total. The minimum atomic E-state index is -1.26. The molecule has 0 spiro atoms. The Labute approximate surface area is 141 Å². The lowest BCUT2D eigenvalue weighted by molar-refractivity contribution is 0.189. The normalized spacial score (nSPS) is 12.1. The summed E-state index contributed by atoms with van der Waals surface area (Å²) in [5.41, 5.74) is 1.68. The number of nitrogens with one attached hydrogen (secondary N) is 2. The number of aromatic nitrogens is 2. The molecule has 0 aliphatic carbocycles. The molecule has 3 N–H and O–H groups in total. The molecule has 0 saturated carbocycles. The Morgan fingerprint density at radius 2 is 2.00 bits per heavy atom. The molecular formula is C17H15F2N3O3. The summed E-state index contributed by atoms with van der Waals surface area (Å²) >= 11 is 0. The lowest BCUT2D eigenvalue weighted by atomic mass is 10.0. The van der Waals surface area contributed by atoms with E-state index < -0.39 is 29.5 Å². The summed E-state index contributed by atoms with van der Waals surface area (Å²) in [5, 5.41) is 11.4. The number of H-pyrrole nitrogens is 1. The van der Waals surface area contributed by atoms with Crippen LogP contribution in [0.3, 0.4) is 0 Å². The third-order valence-electron chi connectivity index (χ3n) is 3.74. The van der Waals surface area contributed by atoms with E-state index in [4.69, 9.17) is 5.11 Å². The summed E-state index contributed by atoms with van der Waals surface area (Å²) in [4.78, 5) is 18.5. The average molecular weight is 347 g/mol. The van der Waals surface area contributed by atoms with Gasteiger partial charge in [-0.1, -0.05) is 12.1 Å². The Hall–Kier alpha value is -3.16. The molecule has 8 heteroatoms. The van der Waals surface area contributed by atoms with Crippen molar-refractivity contribution < 1.29 is 23.4 Å². The van der Waals surface area contributed by atoms with Crippen LogP contribution in [0.5, 0.6) is 5.75 Å². The van der Waals surface area contributed by atoms with Gasteiger partial charge in [-0.2, -0.15) is 0 Å². The highest BCUT2D eigenvalue weighted by Crippen LogP contribution is 2.26. The number of methoxy groups -OCH3 is 1. The second-order valence-electron chi connectivity index (χ2n) is 5.44. The van der Waals surface area contributed by atoms with Gasteiger partial charge in [0, 0.05) is 6.42 Å². The van der Waals surface area contributed by atoms with Gasteiger partial charge in [0.25, 0.3) is 0 Å². The number of para-hydroxylation sites is 2. The fraction of sp³-hybridized carbons (Fsp3) is 0.176. The van der Waals surface area contributed by atoms with E-state index in [1.165, 1.54) is 7.11 Å². The molecule has 0 aliphatic heterocycles. The zero-order valence-electron chi connectivity index (χ0n) is 13.2. The van der Waals surface area contributed by atoms with E-state index in [2.05, 4.69) is 20.0 Å². The molecule has 3 rings (SSSR count). The first-order valence-corrected chi connectivity index (χ1v) is 7.44. The number of carboxylic acid groups (broad SMARTS) is 1. The van der Waals surface area contributed by atoms with Crippen molar-refractivity contribution in [3.63, 3.8) is 0 Å². The molecule has 1 amide bonds. The average Bonchev–Trinajstić information content (AvgIpc) is 2.97. The zero-order valence-corrected chi connectivity index (χ0v) is 13.2. The van der Waals surface area contributed by atoms with Crippen molar-refractivity contribution in [3.8, 4) is 5.75 Å². The molecule has 0 radical (unpaired) electrons. The van der Waals surface area contributed by atoms with Crippen molar-refractivity contribution in [2.45, 2.75) is 12.5 Å². The van der Waals surface area contributed by atoms with Crippen LogP contribution in [-0.4, -0.2) is 28.3 Å². The van der Waals surface area contributed by atoms with Crippen LogP contribution in [0.15, 0.2) is 36.4 Å². The van der Waals surface area contributed by atoms with Gasteiger partial charge in [-0.25, -0.2) is 18.6 Å². The molecule has 1 atom stereocenters. The summed E-state index contributed by atoms with van der Waals surface area (Å²) in [6.07, 6.45) is -1.25. The lowest BCUT2D eigenvalue weighted by Gasteiger charge is -2.15. The molecule has 130 valence electrons. The first-order chi connectivity index (χ1) is 12.0. The van der Waals surface area contributed by atoms with Crippen LogP contribution in [0.4, 0.5) is 13.6 Å². The first-order valence-electron chi connectivity index (χ1n) is 7.44. The van der Waals surface area contributed by atoms with Crippen LogP contribution in [0, 0.1) is 11.6 Å². The smallest absolute Gasteiger partial charge is 0.405 e. The highest BCUT2D eigenvalue weighted by Gasteiger charge is 2.21. The van der Waals surface area contributed by atoms with Crippen LogP contribution >= 0.6 is 0 Å². The van der Waals surface area contributed by atoms with Crippen molar-refractivity contribution in [1.29, 1.82) is 0 Å². The number of aromatic amines is 1. The van der Waals surface area contributed by atoms with Crippen molar-refractivity contribution >= 4 is 17.1 Å². The van der Waals surface area contributed by atoms with Gasteiger partial charge >= 0.3 is 6.09 Å². The van der Waals surface area contributed by atoms with E-state index in [1.807, 2.05) is 6.07 Å². The van der Waals surface area contributed by atoms with Crippen LogP contribution in [0.1, 0.15) is 17.4 Å². The molecular weight excluding hydrogens is 332 g/mol. The van der Waals surface area contributed by atoms with Crippen molar-refractivity contribution in [3.05, 3.63) is 59.4 Å². The molecule has 25 heavy (non-hydrogen) atoms. The van der Waals surface area contributed by atoms with Gasteiger partial charge in [0.15, 0.2) is 17.4 Å². The number of carbonyl (C=O) groups is 1. The number of fused-ring (bicyclic) bond motifs is 1. The predicted molar refractivity (Wildman–Crippen MR) is 86.6 cm³/mol. The van der Waals surface area contributed by atoms with Crippen molar-refractivity contribution in [2.75, 3.05) is 7.11 Å². The third-order valence-corrected chi connectivity index (χ3v) is 3.74. The van der Waals surface area contributed by atoms with Gasteiger partial charge in [-0.05, 0) is 29.8 Å². The van der Waals surface area contributed by atoms with E-state index in [0.717, 1.165) is 17.6 Å². The summed E-state index contributed by atoms with van der Waals surface area (Å²) < 4.78 is 32.4. The van der Waals surface area contributed by atoms with Gasteiger partial charge < -0.3 is 20.1 Å². The standard InChI is InChI=1S/C17H15F2N3O3/c1-25-15-10(18)6-9(7-11(15)19)8-14(22-17(23)24)16-20-12-4-2-3-5-13(12)21-16/h2-7,14,22H,8H2,1H3,(H,20,21)(H,23,24). The largest absolute Gasteiger partial charge is 0.491 e. The molecule has 1 aromatic heterocycles. The Morgan fingerprint density at radius 1 is 1.32 bits per heavy atom. The Kier molecular flexibility index (Phi) is 4.51. The van der Waals surface area contributed by atoms with E-state index in [1.54, 1.807) is 18.2 Å². The number of halogens is 2. The number of ether oxygens (including phenoxy) is 1. The highest BCUT2D eigenvalue weighted by molar-refractivity contribution is 5.75. The number of amides is 1. The number of hydrogen-bond donors (Lipinski definition) is 3. The van der Waals surface area contributed by atoms with Crippen LogP contribution in [0.2, 0.25) is 0 Å². The number of rotatable bonds is 5. The fourth-order valence-corrected chi connectivity index (χ4v) is 2.66. The molecule has 2 aromatic carbocycles. The Bertz CT molecular complexity index is 870. The number of hydrogen-bond acceptors (Lipinski definition) is 3. The summed E-state index contributed by atoms with van der Waals surface area (Å²) in [6.45, 7) is 0. The first kappa shape index (κ1) is 16.7. The molecule has 3 aromatic rings. The van der Waals surface area contributed by atoms with Crippen LogP contribution in [0.25, 0.3) is 11.0 Å². The zero-order chi connectivity index (χ0) is 18.0. The van der Waals surface area contributed by atoms with E-state index in [0.29, 0.717) is 11.3 Å². The molecule has 0 saturated heterocycles. The monoisotopic (exact) mass is 347 g/mol. The SMILES string of the molecule is COc1c(F)cc(CC(NC(=O)O)c2nc3ccccc3[nH]2)cc1F. The molecule has 0 fully saturated rings. The number of benzene rings is 2. The second-order valence-corrected chi connectivity index (χ2v) is 5.44. The maximum atomic E-state index is 13.9. The van der Waals surface area contributed by atoms with Crippen molar-refractivity contribution in [2.24, 2.45) is 0 Å². The van der Waals surface area contributed by atoms with E-state index >= 15 is 0 Å². The summed E-state index contributed by atoms with van der Waals surface area (Å²) in [6, 6.07) is 8.63. The number of imidazole rings is 1. The maximum Gasteiger partial charge on any atom is 0.405 e. The highest BCUT2D eigenvalue weighted by atomic mass is 19.1. The second kappa shape index (κ2) is 6.76. The predicted octanol–water partition coefficient (Wildman–Crippen LogP) is 3.40. The van der Waals surface area contributed by atoms with E-state index in [-0.39, 0.29) is 12.0 Å². The maximum absolute atomic E-state index is 13.9. The Balaban J connectivity index is 1.95. The van der Waals surface area contributed by atoms with Gasteiger partial charge in [-0.3, -0.25) is 0 Å². The van der Waals surface area contributed by atoms with Gasteiger partial charge in [0.2, 0.25) is 0 Å². The molecule has 1 heterocycles. The van der Waals surface area contributed by atoms with Crippen LogP contribution in [-0.2, 0) is 6.42 Å². The molecule has 0 bridgehead atoms. The Morgan fingerprint density at radius 3 is 2.60 bits per heavy atom. The van der Waals surface area contributed by atoms with Crippen molar-refractivity contribution in [1.82, 2.24) is 15.3 Å². The molecule has 1 unspecified atom stereocenters. The van der Waals surface area contributed by atoms with E-state index in [9.17, 15) is 13.6 Å². The lowest BCUT2D eigenvalue weighted by Crippen LogP contribution is -2.29. The fourth-order valence-electron chi connectivity index (χ4n) is 2.66. The minimum absolute atomic E-state index is 0.0178.